The second-order valence-corrected chi connectivity index (χ2v) is 8.39. The molecule has 0 spiro atoms. The topological polar surface area (TPSA) is 42.0 Å². The number of carbonyl (C=O) groups excluding carboxylic acids is 1. The van der Waals surface area contributed by atoms with E-state index in [1.807, 2.05) is 43.0 Å². The van der Waals surface area contributed by atoms with Crippen LogP contribution in [-0.2, 0) is 6.61 Å². The minimum absolute atomic E-state index is 0.0101. The van der Waals surface area contributed by atoms with Crippen molar-refractivity contribution in [2.24, 2.45) is 0 Å². The second kappa shape index (κ2) is 9.94. The number of aryl methyl sites for hydroxylation is 2. The van der Waals surface area contributed by atoms with Crippen molar-refractivity contribution < 1.29 is 18.7 Å². The first kappa shape index (κ1) is 22.6. The Morgan fingerprint density at radius 3 is 2.21 bits per heavy atom. The van der Waals surface area contributed by atoms with Crippen molar-refractivity contribution in [1.82, 2.24) is 4.90 Å². The Kier molecular flexibility index (Phi) is 6.82. The summed E-state index contributed by atoms with van der Waals surface area (Å²) in [6, 6.07) is 18.0. The second-order valence-electron chi connectivity index (χ2n) is 8.39. The molecule has 1 fully saturated rings. The molecule has 1 saturated heterocycles. The van der Waals surface area contributed by atoms with E-state index in [1.54, 1.807) is 25.3 Å². The predicted octanol–water partition coefficient (Wildman–Crippen LogP) is 4.99. The zero-order chi connectivity index (χ0) is 23.4. The van der Waals surface area contributed by atoms with Crippen LogP contribution in [0.2, 0.25) is 0 Å². The fourth-order valence-electron chi connectivity index (χ4n) is 4.20. The lowest BCUT2D eigenvalue weighted by molar-refractivity contribution is 0.0746. The average molecular weight is 449 g/mol. The van der Waals surface area contributed by atoms with Crippen molar-refractivity contribution in [3.05, 3.63) is 88.7 Å². The number of halogens is 1. The van der Waals surface area contributed by atoms with Gasteiger partial charge in [-0.05, 0) is 79.6 Å². The Labute approximate surface area is 194 Å². The molecule has 3 aromatic carbocycles. The molecule has 1 aliphatic heterocycles. The van der Waals surface area contributed by atoms with E-state index in [0.717, 1.165) is 28.1 Å². The summed E-state index contributed by atoms with van der Waals surface area (Å²) in [6.07, 6.45) is 0. The molecule has 0 atom stereocenters. The molecule has 6 heteroatoms. The summed E-state index contributed by atoms with van der Waals surface area (Å²) in [5.74, 6) is 1.23. The van der Waals surface area contributed by atoms with Crippen molar-refractivity contribution in [3.8, 4) is 11.5 Å². The molecular formula is C27H29FN2O3. The summed E-state index contributed by atoms with van der Waals surface area (Å²) in [5, 5.41) is 0. The van der Waals surface area contributed by atoms with E-state index >= 15 is 0 Å². The summed E-state index contributed by atoms with van der Waals surface area (Å²) >= 11 is 0. The van der Waals surface area contributed by atoms with Crippen molar-refractivity contribution in [2.45, 2.75) is 20.5 Å². The minimum atomic E-state index is -0.246. The average Bonchev–Trinajstić information content (AvgIpc) is 2.82. The van der Waals surface area contributed by atoms with Gasteiger partial charge in [0.1, 0.15) is 23.9 Å². The zero-order valence-electron chi connectivity index (χ0n) is 19.3. The zero-order valence-corrected chi connectivity index (χ0v) is 19.3. The fraction of sp³-hybridized carbons (Fsp3) is 0.296. The van der Waals surface area contributed by atoms with Gasteiger partial charge in [0.15, 0.2) is 0 Å². The first-order valence-electron chi connectivity index (χ1n) is 11.1. The number of benzene rings is 3. The molecule has 0 saturated carbocycles. The number of methoxy groups -OCH3 is 1. The highest BCUT2D eigenvalue weighted by Gasteiger charge is 2.23. The Morgan fingerprint density at radius 1 is 0.909 bits per heavy atom. The SMILES string of the molecule is COc1ccc(C(=O)N2CCN(c3ccc(F)cc3)CC2)cc1COc1cc(C)cc(C)c1. The number of piperazine rings is 1. The van der Waals surface area contributed by atoms with Crippen molar-refractivity contribution in [2.75, 3.05) is 38.2 Å². The number of nitrogens with zero attached hydrogens (tertiary/aromatic N) is 2. The molecule has 1 heterocycles. The molecule has 1 amide bonds. The molecule has 0 N–H and O–H groups in total. The largest absolute Gasteiger partial charge is 0.496 e. The lowest BCUT2D eigenvalue weighted by atomic mass is 10.1. The van der Waals surface area contributed by atoms with Crippen LogP contribution in [0.3, 0.4) is 0 Å². The highest BCUT2D eigenvalue weighted by molar-refractivity contribution is 5.94. The van der Waals surface area contributed by atoms with Crippen molar-refractivity contribution in [3.63, 3.8) is 0 Å². The molecule has 0 bridgehead atoms. The molecule has 0 aromatic heterocycles. The summed E-state index contributed by atoms with van der Waals surface area (Å²) in [4.78, 5) is 17.2. The van der Waals surface area contributed by atoms with Crippen LogP contribution >= 0.6 is 0 Å². The fourth-order valence-corrected chi connectivity index (χ4v) is 4.20. The number of amides is 1. The number of hydrogen-bond acceptors (Lipinski definition) is 4. The van der Waals surface area contributed by atoms with E-state index in [1.165, 1.54) is 12.1 Å². The monoisotopic (exact) mass is 448 g/mol. The molecular weight excluding hydrogens is 419 g/mol. The lowest BCUT2D eigenvalue weighted by Crippen LogP contribution is -2.48. The predicted molar refractivity (Wildman–Crippen MR) is 128 cm³/mol. The third-order valence-corrected chi connectivity index (χ3v) is 5.88. The van der Waals surface area contributed by atoms with Crippen LogP contribution in [0.5, 0.6) is 11.5 Å². The normalized spacial score (nSPS) is 13.7. The molecule has 3 aromatic rings. The van der Waals surface area contributed by atoms with Crippen molar-refractivity contribution in [1.29, 1.82) is 0 Å². The molecule has 33 heavy (non-hydrogen) atoms. The summed E-state index contributed by atoms with van der Waals surface area (Å²) in [7, 11) is 1.62. The number of rotatable bonds is 6. The van der Waals surface area contributed by atoms with Crippen molar-refractivity contribution >= 4 is 11.6 Å². The van der Waals surface area contributed by atoms with Gasteiger partial charge in [-0.1, -0.05) is 6.07 Å². The highest BCUT2D eigenvalue weighted by atomic mass is 19.1. The van der Waals surface area contributed by atoms with Gasteiger partial charge in [-0.2, -0.15) is 0 Å². The lowest BCUT2D eigenvalue weighted by Gasteiger charge is -2.36. The van der Waals surface area contributed by atoms with Gasteiger partial charge in [0.2, 0.25) is 0 Å². The highest BCUT2D eigenvalue weighted by Crippen LogP contribution is 2.25. The summed E-state index contributed by atoms with van der Waals surface area (Å²) in [6.45, 7) is 7.01. The van der Waals surface area contributed by atoms with Gasteiger partial charge < -0.3 is 19.3 Å². The number of hydrogen-bond donors (Lipinski definition) is 0. The van der Waals surface area contributed by atoms with Gasteiger partial charge in [-0.3, -0.25) is 4.79 Å². The van der Waals surface area contributed by atoms with E-state index in [2.05, 4.69) is 11.0 Å². The smallest absolute Gasteiger partial charge is 0.253 e. The van der Waals surface area contributed by atoms with Gasteiger partial charge in [-0.15, -0.1) is 0 Å². The van der Waals surface area contributed by atoms with Crippen LogP contribution in [0.4, 0.5) is 10.1 Å². The van der Waals surface area contributed by atoms with E-state index in [-0.39, 0.29) is 11.7 Å². The first-order valence-corrected chi connectivity index (χ1v) is 11.1. The Balaban J connectivity index is 1.43. The Hall–Kier alpha value is -3.54. The van der Waals surface area contributed by atoms with Crippen LogP contribution in [0.15, 0.2) is 60.7 Å². The van der Waals surface area contributed by atoms with Crippen LogP contribution in [0, 0.1) is 19.7 Å². The van der Waals surface area contributed by atoms with E-state index in [4.69, 9.17) is 9.47 Å². The molecule has 4 rings (SSSR count). The van der Waals surface area contributed by atoms with Gasteiger partial charge in [0, 0.05) is 43.0 Å². The van der Waals surface area contributed by atoms with Crippen LogP contribution < -0.4 is 14.4 Å². The molecule has 172 valence electrons. The Bertz CT molecular complexity index is 1100. The van der Waals surface area contributed by atoms with Crippen LogP contribution in [-0.4, -0.2) is 44.1 Å². The van der Waals surface area contributed by atoms with E-state index < -0.39 is 0 Å². The maximum atomic E-state index is 13.2. The number of anilines is 1. The maximum absolute atomic E-state index is 13.2. The summed E-state index contributed by atoms with van der Waals surface area (Å²) < 4.78 is 24.7. The first-order chi connectivity index (χ1) is 15.9. The van der Waals surface area contributed by atoms with Gasteiger partial charge in [0.05, 0.1) is 7.11 Å². The third kappa shape index (κ3) is 5.45. The number of ether oxygens (including phenoxy) is 2. The molecule has 0 radical (unpaired) electrons. The molecule has 0 aliphatic carbocycles. The van der Waals surface area contributed by atoms with Crippen LogP contribution in [0.25, 0.3) is 0 Å². The minimum Gasteiger partial charge on any atom is -0.496 e. The standard InChI is InChI=1S/C27H29FN2O3/c1-19-14-20(2)16-25(15-19)33-18-22-17-21(4-9-26(22)32-3)27(31)30-12-10-29(11-13-30)24-7-5-23(28)6-8-24/h4-9,14-17H,10-13,18H2,1-3H3. The van der Waals surface area contributed by atoms with E-state index in [0.29, 0.717) is 44.1 Å². The Morgan fingerprint density at radius 2 is 1.58 bits per heavy atom. The maximum Gasteiger partial charge on any atom is 0.253 e. The molecule has 0 unspecified atom stereocenters. The van der Waals surface area contributed by atoms with Gasteiger partial charge in [-0.25, -0.2) is 4.39 Å². The van der Waals surface area contributed by atoms with Gasteiger partial charge >= 0.3 is 0 Å². The van der Waals surface area contributed by atoms with E-state index in [9.17, 15) is 9.18 Å². The number of carbonyl (C=O) groups is 1. The third-order valence-electron chi connectivity index (χ3n) is 5.88. The quantitative estimate of drug-likeness (QED) is 0.533. The van der Waals surface area contributed by atoms with Crippen LogP contribution in [0.1, 0.15) is 27.0 Å². The van der Waals surface area contributed by atoms with Gasteiger partial charge in [0.25, 0.3) is 5.91 Å². The molecule has 1 aliphatic rings. The summed E-state index contributed by atoms with van der Waals surface area (Å²) in [5.41, 5.74) is 4.69. The molecule has 5 nitrogen and oxygen atoms in total.